The fourth-order valence-electron chi connectivity index (χ4n) is 2.24. The third-order valence-corrected chi connectivity index (χ3v) is 3.64. The summed E-state index contributed by atoms with van der Waals surface area (Å²) in [6, 6.07) is 3.55. The van der Waals surface area contributed by atoms with Crippen molar-refractivity contribution in [1.29, 1.82) is 0 Å². The predicted octanol–water partition coefficient (Wildman–Crippen LogP) is 2.72. The molecule has 0 aliphatic carbocycles. The van der Waals surface area contributed by atoms with E-state index in [1.807, 2.05) is 46.8 Å². The molecule has 4 nitrogen and oxygen atoms in total. The molecule has 116 valence electrons. The highest BCUT2D eigenvalue weighted by Gasteiger charge is 2.21. The second-order valence-corrected chi connectivity index (χ2v) is 5.84. The van der Waals surface area contributed by atoms with Gasteiger partial charge in [-0.3, -0.25) is 9.59 Å². The average molecular weight is 291 g/mol. The zero-order valence-electron chi connectivity index (χ0n) is 13.7. The molecule has 1 atom stereocenters. The van der Waals surface area contributed by atoms with Gasteiger partial charge in [0.15, 0.2) is 12.4 Å². The van der Waals surface area contributed by atoms with Gasteiger partial charge in [-0.25, -0.2) is 0 Å². The predicted molar refractivity (Wildman–Crippen MR) is 83.6 cm³/mol. The van der Waals surface area contributed by atoms with Gasteiger partial charge < -0.3 is 10.1 Å². The Balaban J connectivity index is 2.70. The van der Waals surface area contributed by atoms with E-state index in [0.29, 0.717) is 0 Å². The van der Waals surface area contributed by atoms with Crippen molar-refractivity contribution < 1.29 is 14.3 Å². The Hall–Kier alpha value is -1.84. The standard InChI is InChI=1S/C17H25NO3/c1-10(2)16(14(6)19)18-15(20)9-21-17-12(4)8-7-11(3)13(17)5/h7-8,10,16H,9H2,1-6H3,(H,18,20). The Morgan fingerprint density at radius 1 is 1.14 bits per heavy atom. The molecule has 0 aromatic heterocycles. The molecule has 1 unspecified atom stereocenters. The van der Waals surface area contributed by atoms with E-state index < -0.39 is 6.04 Å². The van der Waals surface area contributed by atoms with Gasteiger partial charge in [-0.1, -0.05) is 26.0 Å². The number of ether oxygens (including phenoxy) is 1. The van der Waals surface area contributed by atoms with Gasteiger partial charge in [0.05, 0.1) is 6.04 Å². The fourth-order valence-corrected chi connectivity index (χ4v) is 2.24. The molecule has 0 aliphatic heterocycles. The molecule has 1 N–H and O–H groups in total. The van der Waals surface area contributed by atoms with E-state index in [1.165, 1.54) is 6.92 Å². The Morgan fingerprint density at radius 3 is 2.24 bits per heavy atom. The van der Waals surface area contributed by atoms with Gasteiger partial charge in [-0.05, 0) is 50.3 Å². The topological polar surface area (TPSA) is 55.4 Å². The molecule has 1 amide bonds. The SMILES string of the molecule is CC(=O)C(NC(=O)COc1c(C)ccc(C)c1C)C(C)C. The molecule has 21 heavy (non-hydrogen) atoms. The van der Waals surface area contributed by atoms with Crippen LogP contribution in [-0.4, -0.2) is 24.3 Å². The summed E-state index contributed by atoms with van der Waals surface area (Å²) in [4.78, 5) is 23.4. The van der Waals surface area contributed by atoms with Gasteiger partial charge in [0, 0.05) is 0 Å². The van der Waals surface area contributed by atoms with E-state index in [4.69, 9.17) is 4.74 Å². The Labute approximate surface area is 126 Å². The zero-order valence-corrected chi connectivity index (χ0v) is 13.7. The summed E-state index contributed by atoms with van der Waals surface area (Å²) in [7, 11) is 0. The van der Waals surface area contributed by atoms with Crippen LogP contribution >= 0.6 is 0 Å². The van der Waals surface area contributed by atoms with Crippen LogP contribution in [0.15, 0.2) is 12.1 Å². The molecule has 0 saturated heterocycles. The first kappa shape index (κ1) is 17.2. The molecule has 0 fully saturated rings. The fraction of sp³-hybridized carbons (Fsp3) is 0.529. The van der Waals surface area contributed by atoms with Crippen LogP contribution in [-0.2, 0) is 9.59 Å². The lowest BCUT2D eigenvalue weighted by atomic mass is 10.0. The van der Waals surface area contributed by atoms with Gasteiger partial charge in [-0.15, -0.1) is 0 Å². The third kappa shape index (κ3) is 4.59. The van der Waals surface area contributed by atoms with E-state index in [2.05, 4.69) is 5.32 Å². The number of aryl methyl sites for hydroxylation is 2. The first-order valence-corrected chi connectivity index (χ1v) is 7.23. The summed E-state index contributed by atoms with van der Waals surface area (Å²) in [6.07, 6.45) is 0. The molecule has 0 bridgehead atoms. The highest BCUT2D eigenvalue weighted by atomic mass is 16.5. The highest BCUT2D eigenvalue weighted by Crippen LogP contribution is 2.25. The van der Waals surface area contributed by atoms with Crippen LogP contribution in [0.2, 0.25) is 0 Å². The molecular formula is C17H25NO3. The molecule has 1 aromatic carbocycles. The van der Waals surface area contributed by atoms with Crippen molar-refractivity contribution in [1.82, 2.24) is 5.32 Å². The van der Waals surface area contributed by atoms with Crippen LogP contribution in [0.1, 0.15) is 37.5 Å². The Morgan fingerprint density at radius 2 is 1.71 bits per heavy atom. The lowest BCUT2D eigenvalue weighted by Crippen LogP contribution is -2.45. The Bertz CT molecular complexity index is 535. The minimum atomic E-state index is -0.458. The summed E-state index contributed by atoms with van der Waals surface area (Å²) in [5.41, 5.74) is 3.16. The third-order valence-electron chi connectivity index (χ3n) is 3.64. The van der Waals surface area contributed by atoms with Gasteiger partial charge in [-0.2, -0.15) is 0 Å². The summed E-state index contributed by atoms with van der Waals surface area (Å²) in [6.45, 7) is 11.1. The minimum Gasteiger partial charge on any atom is -0.483 e. The number of ketones is 1. The van der Waals surface area contributed by atoms with Crippen molar-refractivity contribution >= 4 is 11.7 Å². The quantitative estimate of drug-likeness (QED) is 0.876. The summed E-state index contributed by atoms with van der Waals surface area (Å²) in [5, 5.41) is 2.73. The maximum atomic E-state index is 12.0. The van der Waals surface area contributed by atoms with Crippen LogP contribution in [0.25, 0.3) is 0 Å². The van der Waals surface area contributed by atoms with Crippen LogP contribution in [0.5, 0.6) is 5.75 Å². The first-order chi connectivity index (χ1) is 9.73. The summed E-state index contributed by atoms with van der Waals surface area (Å²) >= 11 is 0. The van der Waals surface area contributed by atoms with Crippen LogP contribution in [0.4, 0.5) is 0 Å². The first-order valence-electron chi connectivity index (χ1n) is 7.23. The highest BCUT2D eigenvalue weighted by molar-refractivity contribution is 5.88. The van der Waals surface area contributed by atoms with Crippen molar-refractivity contribution in [2.45, 2.75) is 47.6 Å². The molecular weight excluding hydrogens is 266 g/mol. The van der Waals surface area contributed by atoms with Crippen LogP contribution < -0.4 is 10.1 Å². The molecule has 0 aliphatic rings. The average Bonchev–Trinajstić information content (AvgIpc) is 2.39. The number of nitrogens with one attached hydrogen (secondary N) is 1. The van der Waals surface area contributed by atoms with Gasteiger partial charge in [0.25, 0.3) is 5.91 Å². The maximum absolute atomic E-state index is 12.0. The number of benzene rings is 1. The number of carbonyl (C=O) groups excluding carboxylic acids is 2. The molecule has 0 heterocycles. The Kier molecular flexibility index (Phi) is 5.94. The number of Topliss-reactive ketones (excluding diaryl/α,β-unsaturated/α-hetero) is 1. The van der Waals surface area contributed by atoms with Crippen molar-refractivity contribution in [2.24, 2.45) is 5.92 Å². The second kappa shape index (κ2) is 7.25. The summed E-state index contributed by atoms with van der Waals surface area (Å²) < 4.78 is 5.65. The molecule has 0 spiro atoms. The lowest BCUT2D eigenvalue weighted by Gasteiger charge is -2.20. The molecule has 4 heteroatoms. The second-order valence-electron chi connectivity index (χ2n) is 5.84. The van der Waals surface area contributed by atoms with Crippen molar-refractivity contribution in [3.05, 3.63) is 28.8 Å². The van der Waals surface area contributed by atoms with E-state index in [1.54, 1.807) is 0 Å². The van der Waals surface area contributed by atoms with Crippen molar-refractivity contribution in [2.75, 3.05) is 6.61 Å². The van der Waals surface area contributed by atoms with Gasteiger partial charge in [0.2, 0.25) is 0 Å². The van der Waals surface area contributed by atoms with E-state index >= 15 is 0 Å². The lowest BCUT2D eigenvalue weighted by molar-refractivity contribution is -0.129. The number of amides is 1. The zero-order chi connectivity index (χ0) is 16.2. The van der Waals surface area contributed by atoms with Gasteiger partial charge in [0.1, 0.15) is 5.75 Å². The number of carbonyl (C=O) groups is 2. The molecule has 1 rings (SSSR count). The van der Waals surface area contributed by atoms with Crippen molar-refractivity contribution in [3.63, 3.8) is 0 Å². The van der Waals surface area contributed by atoms with Crippen LogP contribution in [0.3, 0.4) is 0 Å². The van der Waals surface area contributed by atoms with Crippen LogP contribution in [0, 0.1) is 26.7 Å². The van der Waals surface area contributed by atoms with E-state index in [-0.39, 0.29) is 24.2 Å². The summed E-state index contributed by atoms with van der Waals surface area (Å²) in [5.74, 6) is 0.494. The van der Waals surface area contributed by atoms with E-state index in [0.717, 1.165) is 22.4 Å². The normalized spacial score (nSPS) is 12.1. The maximum Gasteiger partial charge on any atom is 0.258 e. The molecule has 0 saturated carbocycles. The number of rotatable bonds is 6. The monoisotopic (exact) mass is 291 g/mol. The largest absolute Gasteiger partial charge is 0.483 e. The molecule has 0 radical (unpaired) electrons. The van der Waals surface area contributed by atoms with E-state index in [9.17, 15) is 9.59 Å². The van der Waals surface area contributed by atoms with Crippen molar-refractivity contribution in [3.8, 4) is 5.75 Å². The number of hydrogen-bond acceptors (Lipinski definition) is 3. The smallest absolute Gasteiger partial charge is 0.258 e. The van der Waals surface area contributed by atoms with Gasteiger partial charge >= 0.3 is 0 Å². The molecule has 1 aromatic rings. The minimum absolute atomic E-state index is 0.0405. The number of hydrogen-bond donors (Lipinski definition) is 1.